The van der Waals surface area contributed by atoms with Crippen molar-refractivity contribution < 1.29 is 9.59 Å². The molecule has 2 N–H and O–H groups in total. The van der Waals surface area contributed by atoms with Gasteiger partial charge in [-0.25, -0.2) is 5.43 Å². The summed E-state index contributed by atoms with van der Waals surface area (Å²) in [6.07, 6.45) is 6.58. The molecule has 1 aromatic carbocycles. The third-order valence-corrected chi connectivity index (χ3v) is 3.61. The van der Waals surface area contributed by atoms with Gasteiger partial charge in [0.25, 0.3) is 11.8 Å². The number of hydrogen-bond donors (Lipinski definition) is 2. The summed E-state index contributed by atoms with van der Waals surface area (Å²) in [4.78, 5) is 28.3. The van der Waals surface area contributed by atoms with Gasteiger partial charge in [-0.05, 0) is 36.1 Å². The highest BCUT2D eigenvalue weighted by Crippen LogP contribution is 2.13. The molecular weight excluding hydrogens is 312 g/mol. The molecule has 0 aliphatic rings. The average Bonchev–Trinajstić information content (AvgIpc) is 2.61. The summed E-state index contributed by atoms with van der Waals surface area (Å²) in [7, 11) is 0. The van der Waals surface area contributed by atoms with Crippen LogP contribution in [-0.2, 0) is 4.79 Å². The van der Waals surface area contributed by atoms with Crippen LogP contribution in [0.3, 0.4) is 0 Å². The molecule has 6 nitrogen and oxygen atoms in total. The minimum absolute atomic E-state index is 0.149. The fourth-order valence-corrected chi connectivity index (χ4v) is 2.08. The maximum absolute atomic E-state index is 11.7. The Labute approximate surface area is 138 Å². The molecule has 0 bridgehead atoms. The molecule has 0 aliphatic heterocycles. The van der Waals surface area contributed by atoms with E-state index in [4.69, 9.17) is 0 Å². The molecule has 2 amide bonds. The van der Waals surface area contributed by atoms with Crippen molar-refractivity contribution >= 4 is 29.8 Å². The Kier molecular flexibility index (Phi) is 6.31. The summed E-state index contributed by atoms with van der Waals surface area (Å²) < 4.78 is 0. The molecule has 0 saturated carbocycles. The van der Waals surface area contributed by atoms with Crippen LogP contribution in [0.5, 0.6) is 0 Å². The summed E-state index contributed by atoms with van der Waals surface area (Å²) in [6, 6.07) is 10.9. The van der Waals surface area contributed by atoms with Crippen molar-refractivity contribution in [3.8, 4) is 0 Å². The highest BCUT2D eigenvalue weighted by Gasteiger charge is 2.06. The van der Waals surface area contributed by atoms with Crippen molar-refractivity contribution in [3.63, 3.8) is 0 Å². The van der Waals surface area contributed by atoms with Crippen molar-refractivity contribution in [2.45, 2.75) is 4.90 Å². The van der Waals surface area contributed by atoms with E-state index in [1.165, 1.54) is 12.4 Å². The predicted octanol–water partition coefficient (Wildman–Crippen LogP) is 1.68. The molecule has 23 heavy (non-hydrogen) atoms. The van der Waals surface area contributed by atoms with Gasteiger partial charge in [-0.2, -0.15) is 5.10 Å². The smallest absolute Gasteiger partial charge is 0.259 e. The van der Waals surface area contributed by atoms with Crippen molar-refractivity contribution in [2.75, 3.05) is 12.8 Å². The Morgan fingerprint density at radius 2 is 1.87 bits per heavy atom. The molecule has 118 valence electrons. The molecule has 0 aliphatic carbocycles. The van der Waals surface area contributed by atoms with Crippen LogP contribution in [0, 0.1) is 0 Å². The minimum atomic E-state index is -0.399. The fourth-order valence-electron chi connectivity index (χ4n) is 1.67. The van der Waals surface area contributed by atoms with E-state index in [0.717, 1.165) is 10.5 Å². The maximum atomic E-state index is 11.7. The lowest BCUT2D eigenvalue weighted by atomic mass is 10.2. The van der Waals surface area contributed by atoms with Gasteiger partial charge in [0.15, 0.2) is 0 Å². The van der Waals surface area contributed by atoms with Crippen LogP contribution in [0.2, 0.25) is 0 Å². The van der Waals surface area contributed by atoms with Gasteiger partial charge in [0, 0.05) is 22.9 Å². The van der Waals surface area contributed by atoms with E-state index in [1.54, 1.807) is 30.1 Å². The fraction of sp³-hybridized carbons (Fsp3) is 0.125. The van der Waals surface area contributed by atoms with Gasteiger partial charge in [-0.1, -0.05) is 12.1 Å². The second-order valence-corrected chi connectivity index (χ2v) is 5.36. The number of nitrogens with zero attached hydrogens (tertiary/aromatic N) is 2. The first-order valence-corrected chi connectivity index (χ1v) is 8.05. The zero-order valence-electron chi connectivity index (χ0n) is 12.5. The zero-order chi connectivity index (χ0) is 16.5. The molecule has 0 fully saturated rings. The summed E-state index contributed by atoms with van der Waals surface area (Å²) in [5.41, 5.74) is 3.69. The van der Waals surface area contributed by atoms with Gasteiger partial charge in [0.2, 0.25) is 0 Å². The molecule has 0 atom stereocenters. The van der Waals surface area contributed by atoms with E-state index >= 15 is 0 Å². The largest absolute Gasteiger partial charge is 0.343 e. The number of hydrogen-bond acceptors (Lipinski definition) is 5. The number of benzene rings is 1. The maximum Gasteiger partial charge on any atom is 0.259 e. The first-order chi connectivity index (χ1) is 11.2. The van der Waals surface area contributed by atoms with E-state index in [1.807, 2.05) is 30.5 Å². The van der Waals surface area contributed by atoms with Crippen LogP contribution in [0.15, 0.2) is 58.8 Å². The van der Waals surface area contributed by atoms with E-state index < -0.39 is 5.91 Å². The number of pyridine rings is 1. The highest BCUT2D eigenvalue weighted by atomic mass is 32.2. The summed E-state index contributed by atoms with van der Waals surface area (Å²) >= 11 is 1.66. The average molecular weight is 328 g/mol. The number of carbonyl (C=O) groups excluding carboxylic acids is 2. The molecule has 0 saturated heterocycles. The quantitative estimate of drug-likeness (QED) is 0.480. The number of nitrogens with one attached hydrogen (secondary N) is 2. The summed E-state index contributed by atoms with van der Waals surface area (Å²) in [6.45, 7) is -0.149. The Bertz CT molecular complexity index is 687. The molecule has 2 aromatic rings. The first kappa shape index (κ1) is 16.7. The van der Waals surface area contributed by atoms with Crippen molar-refractivity contribution in [2.24, 2.45) is 5.10 Å². The van der Waals surface area contributed by atoms with Crippen LogP contribution in [0.4, 0.5) is 0 Å². The zero-order valence-corrected chi connectivity index (χ0v) is 13.3. The van der Waals surface area contributed by atoms with Gasteiger partial charge in [0.1, 0.15) is 0 Å². The molecule has 0 radical (unpaired) electrons. The lowest BCUT2D eigenvalue weighted by Gasteiger charge is -2.03. The van der Waals surface area contributed by atoms with Crippen molar-refractivity contribution in [1.29, 1.82) is 0 Å². The number of carbonyl (C=O) groups is 2. The number of thioether (sulfide) groups is 1. The number of rotatable bonds is 6. The van der Waals surface area contributed by atoms with Gasteiger partial charge in [0.05, 0.1) is 12.8 Å². The molecule has 7 heteroatoms. The summed E-state index contributed by atoms with van der Waals surface area (Å²) in [5.74, 6) is -0.733. The van der Waals surface area contributed by atoms with Crippen LogP contribution in [-0.4, -0.2) is 35.8 Å². The Morgan fingerprint density at radius 3 is 2.52 bits per heavy atom. The standard InChI is InChI=1S/C16H16N4O2S/c1-23-14-4-2-12(3-5-14)10-19-20-15(21)11-18-16(22)13-6-8-17-9-7-13/h2-10H,11H2,1H3,(H,18,22)(H,20,21)/b19-10+. The Hall–Kier alpha value is -2.67. The molecule has 0 unspecified atom stereocenters. The van der Waals surface area contributed by atoms with Crippen molar-refractivity contribution in [3.05, 3.63) is 59.9 Å². The highest BCUT2D eigenvalue weighted by molar-refractivity contribution is 7.98. The topological polar surface area (TPSA) is 83.5 Å². The van der Waals surface area contributed by atoms with Gasteiger partial charge in [-0.3, -0.25) is 14.6 Å². The van der Waals surface area contributed by atoms with E-state index in [0.29, 0.717) is 5.56 Å². The van der Waals surface area contributed by atoms with Crippen LogP contribution < -0.4 is 10.7 Å². The predicted molar refractivity (Wildman–Crippen MR) is 90.5 cm³/mol. The first-order valence-electron chi connectivity index (χ1n) is 6.83. The lowest BCUT2D eigenvalue weighted by Crippen LogP contribution is -2.34. The number of hydrazone groups is 1. The summed E-state index contributed by atoms with van der Waals surface area (Å²) in [5, 5.41) is 6.36. The van der Waals surface area contributed by atoms with Crippen LogP contribution in [0.25, 0.3) is 0 Å². The minimum Gasteiger partial charge on any atom is -0.343 e. The van der Waals surface area contributed by atoms with Crippen molar-refractivity contribution in [1.82, 2.24) is 15.7 Å². The molecule has 2 rings (SSSR count). The Balaban J connectivity index is 1.76. The second kappa shape index (κ2) is 8.70. The second-order valence-electron chi connectivity index (χ2n) is 4.48. The SMILES string of the molecule is CSc1ccc(/C=N/NC(=O)CNC(=O)c2ccncc2)cc1. The number of aromatic nitrogens is 1. The Morgan fingerprint density at radius 1 is 1.17 bits per heavy atom. The lowest BCUT2D eigenvalue weighted by molar-refractivity contribution is -0.120. The molecule has 1 aromatic heterocycles. The van der Waals surface area contributed by atoms with E-state index in [2.05, 4.69) is 20.8 Å². The molecular formula is C16H16N4O2S. The van der Waals surface area contributed by atoms with Crippen LogP contribution >= 0.6 is 11.8 Å². The van der Waals surface area contributed by atoms with E-state index in [-0.39, 0.29) is 12.5 Å². The van der Waals surface area contributed by atoms with E-state index in [9.17, 15) is 9.59 Å². The van der Waals surface area contributed by atoms with Gasteiger partial charge in [-0.15, -0.1) is 11.8 Å². The normalized spacial score (nSPS) is 10.5. The third-order valence-electron chi connectivity index (χ3n) is 2.87. The monoisotopic (exact) mass is 328 g/mol. The van der Waals surface area contributed by atoms with Crippen LogP contribution in [0.1, 0.15) is 15.9 Å². The molecule has 1 heterocycles. The van der Waals surface area contributed by atoms with Gasteiger partial charge >= 0.3 is 0 Å². The third kappa shape index (κ3) is 5.55. The number of amides is 2. The van der Waals surface area contributed by atoms with Gasteiger partial charge < -0.3 is 5.32 Å². The molecule has 0 spiro atoms.